The van der Waals surface area contributed by atoms with E-state index in [2.05, 4.69) is 15.6 Å². The van der Waals surface area contributed by atoms with Crippen molar-refractivity contribution < 1.29 is 19.5 Å². The van der Waals surface area contributed by atoms with Crippen LogP contribution in [0.2, 0.25) is 0 Å². The maximum Gasteiger partial charge on any atom is 0.337 e. The minimum absolute atomic E-state index is 0.0269. The molecule has 112 valence electrons. The molecule has 1 aliphatic rings. The van der Waals surface area contributed by atoms with Crippen LogP contribution in [0.4, 0.5) is 10.5 Å². The maximum absolute atomic E-state index is 11.7. The summed E-state index contributed by atoms with van der Waals surface area (Å²) in [6, 6.07) is 0.712. The van der Waals surface area contributed by atoms with Gasteiger partial charge in [0.2, 0.25) is 5.91 Å². The van der Waals surface area contributed by atoms with Gasteiger partial charge in [-0.25, -0.2) is 9.59 Å². The normalized spacial score (nSPS) is 13.8. The van der Waals surface area contributed by atoms with Gasteiger partial charge in [-0.05, 0) is 18.9 Å². The zero-order valence-electron chi connectivity index (χ0n) is 11.3. The highest BCUT2D eigenvalue weighted by atomic mass is 16.4. The summed E-state index contributed by atoms with van der Waals surface area (Å²) < 4.78 is 0. The van der Waals surface area contributed by atoms with Crippen LogP contribution < -0.4 is 10.6 Å². The fraction of sp³-hybridized carbons (Fsp3) is 0.385. The molecule has 0 atom stereocenters. The molecule has 1 fully saturated rings. The third-order valence-electron chi connectivity index (χ3n) is 3.10. The van der Waals surface area contributed by atoms with E-state index in [9.17, 15) is 14.4 Å². The lowest BCUT2D eigenvalue weighted by Crippen LogP contribution is -2.40. The molecule has 2 heterocycles. The van der Waals surface area contributed by atoms with Gasteiger partial charge in [-0.15, -0.1) is 0 Å². The van der Waals surface area contributed by atoms with Gasteiger partial charge in [-0.2, -0.15) is 0 Å². The van der Waals surface area contributed by atoms with E-state index < -0.39 is 12.0 Å². The smallest absolute Gasteiger partial charge is 0.337 e. The Hall–Kier alpha value is -2.64. The molecule has 3 amide bonds. The van der Waals surface area contributed by atoms with Crippen LogP contribution in [0.3, 0.4) is 0 Å². The van der Waals surface area contributed by atoms with Crippen molar-refractivity contribution in [1.29, 1.82) is 0 Å². The van der Waals surface area contributed by atoms with Crippen LogP contribution in [0, 0.1) is 0 Å². The summed E-state index contributed by atoms with van der Waals surface area (Å²) in [7, 11) is 0. The number of anilines is 1. The predicted molar refractivity (Wildman–Crippen MR) is 74.0 cm³/mol. The van der Waals surface area contributed by atoms with Crippen LogP contribution in [-0.4, -0.2) is 52.5 Å². The molecule has 0 aromatic carbocycles. The average Bonchev–Trinajstić information content (AvgIpc) is 2.99. The number of carboxylic acid groups (broad SMARTS) is 1. The van der Waals surface area contributed by atoms with E-state index >= 15 is 0 Å². The van der Waals surface area contributed by atoms with Gasteiger partial charge in [-0.1, -0.05) is 0 Å². The topological polar surface area (TPSA) is 112 Å². The molecule has 2 rings (SSSR count). The quantitative estimate of drug-likeness (QED) is 0.749. The number of urea groups is 1. The number of nitrogens with one attached hydrogen (secondary N) is 2. The lowest BCUT2D eigenvalue weighted by Gasteiger charge is -2.15. The molecule has 0 aliphatic carbocycles. The zero-order valence-corrected chi connectivity index (χ0v) is 11.3. The lowest BCUT2D eigenvalue weighted by molar-refractivity contribution is -0.128. The number of rotatable bonds is 4. The minimum atomic E-state index is -1.13. The van der Waals surface area contributed by atoms with Crippen LogP contribution >= 0.6 is 0 Å². The SMILES string of the molecule is O=C(NCC(=O)N1CCCC1)Nc1cncc(C(=O)O)c1. The maximum atomic E-state index is 11.7. The fourth-order valence-corrected chi connectivity index (χ4v) is 2.03. The number of hydrogen-bond donors (Lipinski definition) is 3. The highest BCUT2D eigenvalue weighted by molar-refractivity contribution is 5.94. The standard InChI is InChI=1S/C13H16N4O4/c18-11(17-3-1-2-4-17)8-15-13(21)16-10-5-9(12(19)20)6-14-7-10/h5-7H,1-4,8H2,(H,19,20)(H2,15,16,21). The summed E-state index contributed by atoms with van der Waals surface area (Å²) in [5.41, 5.74) is 0.224. The van der Waals surface area contributed by atoms with Gasteiger partial charge in [0.05, 0.1) is 24.0 Å². The third kappa shape index (κ3) is 4.16. The summed E-state index contributed by atoms with van der Waals surface area (Å²) in [5.74, 6) is -1.25. The summed E-state index contributed by atoms with van der Waals surface area (Å²) >= 11 is 0. The molecule has 0 bridgehead atoms. The average molecular weight is 292 g/mol. The Bertz CT molecular complexity index is 555. The molecule has 1 aliphatic heterocycles. The first kappa shape index (κ1) is 14.8. The largest absolute Gasteiger partial charge is 0.478 e. The van der Waals surface area contributed by atoms with Gasteiger partial charge in [0.1, 0.15) is 0 Å². The van der Waals surface area contributed by atoms with E-state index in [1.54, 1.807) is 4.90 Å². The van der Waals surface area contributed by atoms with Crippen molar-refractivity contribution in [2.24, 2.45) is 0 Å². The third-order valence-corrected chi connectivity index (χ3v) is 3.10. The summed E-state index contributed by atoms with van der Waals surface area (Å²) in [6.07, 6.45) is 4.49. The van der Waals surface area contributed by atoms with Crippen LogP contribution in [-0.2, 0) is 4.79 Å². The summed E-state index contributed by atoms with van der Waals surface area (Å²) in [4.78, 5) is 39.6. The van der Waals surface area contributed by atoms with Crippen molar-refractivity contribution >= 4 is 23.6 Å². The second kappa shape index (κ2) is 6.69. The van der Waals surface area contributed by atoms with Crippen LogP contribution in [0.5, 0.6) is 0 Å². The Morgan fingerprint density at radius 3 is 2.62 bits per heavy atom. The second-order valence-electron chi connectivity index (χ2n) is 4.66. The van der Waals surface area contributed by atoms with E-state index in [0.717, 1.165) is 25.9 Å². The zero-order chi connectivity index (χ0) is 15.2. The molecule has 21 heavy (non-hydrogen) atoms. The molecule has 8 heteroatoms. The monoisotopic (exact) mass is 292 g/mol. The van der Waals surface area contributed by atoms with E-state index in [-0.39, 0.29) is 23.7 Å². The number of nitrogens with zero attached hydrogens (tertiary/aromatic N) is 2. The molecule has 1 aromatic heterocycles. The number of carboxylic acids is 1. The van der Waals surface area contributed by atoms with Crippen molar-refractivity contribution in [2.75, 3.05) is 25.0 Å². The first-order valence-corrected chi connectivity index (χ1v) is 6.57. The molecule has 1 aromatic rings. The fourth-order valence-electron chi connectivity index (χ4n) is 2.03. The Labute approximate surface area is 121 Å². The Balaban J connectivity index is 1.82. The summed E-state index contributed by atoms with van der Waals surface area (Å²) in [6.45, 7) is 1.37. The van der Waals surface area contributed by atoms with Gasteiger partial charge in [0, 0.05) is 19.3 Å². The highest BCUT2D eigenvalue weighted by Gasteiger charge is 2.18. The minimum Gasteiger partial charge on any atom is -0.478 e. The number of carbonyl (C=O) groups is 3. The molecular formula is C13H16N4O4. The molecule has 0 radical (unpaired) electrons. The highest BCUT2D eigenvalue weighted by Crippen LogP contribution is 2.08. The van der Waals surface area contributed by atoms with Crippen LogP contribution in [0.15, 0.2) is 18.5 Å². The number of amides is 3. The van der Waals surface area contributed by atoms with E-state index in [4.69, 9.17) is 5.11 Å². The van der Waals surface area contributed by atoms with Crippen molar-refractivity contribution in [3.8, 4) is 0 Å². The van der Waals surface area contributed by atoms with Crippen molar-refractivity contribution in [3.63, 3.8) is 0 Å². The molecule has 0 unspecified atom stereocenters. The Morgan fingerprint density at radius 2 is 1.95 bits per heavy atom. The summed E-state index contributed by atoms with van der Waals surface area (Å²) in [5, 5.41) is 13.7. The first-order chi connectivity index (χ1) is 10.1. The number of carbonyl (C=O) groups excluding carboxylic acids is 2. The van der Waals surface area contributed by atoms with Gasteiger partial charge >= 0.3 is 12.0 Å². The van der Waals surface area contributed by atoms with Gasteiger partial charge in [0.25, 0.3) is 0 Å². The molecule has 3 N–H and O–H groups in total. The van der Waals surface area contributed by atoms with Crippen molar-refractivity contribution in [3.05, 3.63) is 24.0 Å². The Kier molecular flexibility index (Phi) is 4.70. The molecule has 8 nitrogen and oxygen atoms in total. The lowest BCUT2D eigenvalue weighted by atomic mass is 10.3. The molecular weight excluding hydrogens is 276 g/mol. The van der Waals surface area contributed by atoms with Crippen molar-refractivity contribution in [1.82, 2.24) is 15.2 Å². The van der Waals surface area contributed by atoms with E-state index in [0.29, 0.717) is 0 Å². The van der Waals surface area contributed by atoms with Gasteiger partial charge in [-0.3, -0.25) is 9.78 Å². The predicted octanol–water partition coefficient (Wildman–Crippen LogP) is 0.524. The van der Waals surface area contributed by atoms with Gasteiger partial charge in [0.15, 0.2) is 0 Å². The van der Waals surface area contributed by atoms with Crippen LogP contribution in [0.25, 0.3) is 0 Å². The number of likely N-dealkylation sites (tertiary alicyclic amines) is 1. The first-order valence-electron chi connectivity index (χ1n) is 6.57. The molecule has 0 spiro atoms. The van der Waals surface area contributed by atoms with Crippen LogP contribution in [0.1, 0.15) is 23.2 Å². The van der Waals surface area contributed by atoms with E-state index in [1.165, 1.54) is 18.5 Å². The number of aromatic nitrogens is 1. The van der Waals surface area contributed by atoms with Crippen molar-refractivity contribution in [2.45, 2.75) is 12.8 Å². The Morgan fingerprint density at radius 1 is 1.24 bits per heavy atom. The number of hydrogen-bond acceptors (Lipinski definition) is 4. The van der Waals surface area contributed by atoms with E-state index in [1.807, 2.05) is 0 Å². The molecule has 1 saturated heterocycles. The molecule has 0 saturated carbocycles. The number of pyridine rings is 1. The number of aromatic carboxylic acids is 1. The van der Waals surface area contributed by atoms with Gasteiger partial charge < -0.3 is 20.6 Å². The second-order valence-corrected chi connectivity index (χ2v) is 4.66.